The number of nitrogens with one attached hydrogen (secondary N) is 1. The number of rotatable bonds is 9. The molecule has 0 spiro atoms. The minimum absolute atomic E-state index is 0.644. The molecule has 0 aliphatic heterocycles. The maximum Gasteiger partial charge on any atom is 0.147 e. The van der Waals surface area contributed by atoms with Crippen molar-refractivity contribution in [2.45, 2.75) is 27.3 Å². The van der Waals surface area contributed by atoms with Gasteiger partial charge in [-0.3, -0.25) is 4.98 Å². The van der Waals surface area contributed by atoms with Crippen molar-refractivity contribution in [3.05, 3.63) is 18.1 Å². The zero-order valence-corrected chi connectivity index (χ0v) is 12.5. The molecule has 0 bridgehead atoms. The van der Waals surface area contributed by atoms with Gasteiger partial charge in [-0.2, -0.15) is 0 Å². The lowest BCUT2D eigenvalue weighted by Crippen LogP contribution is -2.25. The van der Waals surface area contributed by atoms with Gasteiger partial charge in [0, 0.05) is 32.9 Å². The molecule has 1 rings (SSSR count). The van der Waals surface area contributed by atoms with E-state index in [2.05, 4.69) is 34.0 Å². The molecule has 0 fully saturated rings. The van der Waals surface area contributed by atoms with E-state index in [1.165, 1.54) is 0 Å². The van der Waals surface area contributed by atoms with Gasteiger partial charge in [-0.1, -0.05) is 13.8 Å². The Morgan fingerprint density at radius 1 is 1.37 bits per heavy atom. The normalized spacial score (nSPS) is 11.0. The van der Waals surface area contributed by atoms with Crippen molar-refractivity contribution in [2.75, 3.05) is 38.3 Å². The fraction of sp³-hybridized carbons (Fsp3) is 0.714. The monoisotopic (exact) mass is 266 g/mol. The van der Waals surface area contributed by atoms with Crippen LogP contribution < -0.4 is 10.2 Å². The zero-order valence-electron chi connectivity index (χ0n) is 12.5. The zero-order chi connectivity index (χ0) is 14.1. The van der Waals surface area contributed by atoms with Crippen molar-refractivity contribution in [3.8, 4) is 0 Å². The molecule has 0 aliphatic carbocycles. The fourth-order valence-electron chi connectivity index (χ4n) is 1.61. The van der Waals surface area contributed by atoms with Crippen molar-refractivity contribution >= 4 is 5.82 Å². The Labute approximate surface area is 116 Å². The Balaban J connectivity index is 2.46. The summed E-state index contributed by atoms with van der Waals surface area (Å²) < 4.78 is 5.34. The first-order valence-corrected chi connectivity index (χ1v) is 6.94. The molecule has 0 unspecified atom stereocenters. The molecule has 0 saturated carbocycles. The Kier molecular flexibility index (Phi) is 7.36. The molecule has 5 nitrogen and oxygen atoms in total. The van der Waals surface area contributed by atoms with E-state index in [4.69, 9.17) is 4.74 Å². The average molecular weight is 266 g/mol. The summed E-state index contributed by atoms with van der Waals surface area (Å²) in [5.74, 6) is 1.54. The van der Waals surface area contributed by atoms with Gasteiger partial charge in [0.1, 0.15) is 5.82 Å². The molecule has 0 radical (unpaired) electrons. The second-order valence-corrected chi connectivity index (χ2v) is 5.01. The van der Waals surface area contributed by atoms with Crippen LogP contribution in [0, 0.1) is 5.92 Å². The second-order valence-electron chi connectivity index (χ2n) is 5.01. The molecule has 1 aromatic heterocycles. The van der Waals surface area contributed by atoms with Gasteiger partial charge in [0.05, 0.1) is 18.5 Å². The Morgan fingerprint density at radius 3 is 2.84 bits per heavy atom. The van der Waals surface area contributed by atoms with E-state index in [0.717, 1.165) is 37.8 Å². The van der Waals surface area contributed by atoms with Crippen LogP contribution in [0.3, 0.4) is 0 Å². The number of likely N-dealkylation sites (N-methyl/N-ethyl adjacent to an activating group) is 1. The van der Waals surface area contributed by atoms with Crippen LogP contribution in [-0.4, -0.2) is 43.3 Å². The predicted octanol–water partition coefficient (Wildman–Crippen LogP) is 1.69. The van der Waals surface area contributed by atoms with Crippen molar-refractivity contribution in [1.82, 2.24) is 15.3 Å². The van der Waals surface area contributed by atoms with Gasteiger partial charge in [-0.15, -0.1) is 0 Å². The summed E-state index contributed by atoms with van der Waals surface area (Å²) in [6.07, 6.45) is 3.60. The number of hydrogen-bond acceptors (Lipinski definition) is 5. The summed E-state index contributed by atoms with van der Waals surface area (Å²) in [6.45, 7) is 10.4. The summed E-state index contributed by atoms with van der Waals surface area (Å²) in [7, 11) is 2.01. The highest BCUT2D eigenvalue weighted by molar-refractivity contribution is 5.34. The van der Waals surface area contributed by atoms with Crippen molar-refractivity contribution < 1.29 is 4.74 Å². The molecule has 1 heterocycles. The molecule has 0 amide bonds. The SMILES string of the molecule is CCOCCN(C)c1cncc(CNCC(C)C)n1. The van der Waals surface area contributed by atoms with Crippen LogP contribution in [0.5, 0.6) is 0 Å². The quantitative estimate of drug-likeness (QED) is 0.689. The van der Waals surface area contributed by atoms with Crippen LogP contribution in [0.4, 0.5) is 5.82 Å². The molecule has 0 aromatic carbocycles. The lowest BCUT2D eigenvalue weighted by atomic mass is 10.2. The van der Waals surface area contributed by atoms with E-state index in [1.807, 2.05) is 20.2 Å². The number of anilines is 1. The molecule has 19 heavy (non-hydrogen) atoms. The highest BCUT2D eigenvalue weighted by Gasteiger charge is 2.04. The lowest BCUT2D eigenvalue weighted by molar-refractivity contribution is 0.154. The molecule has 108 valence electrons. The summed E-state index contributed by atoms with van der Waals surface area (Å²) in [5.41, 5.74) is 0.974. The highest BCUT2D eigenvalue weighted by atomic mass is 16.5. The molecule has 0 aliphatic rings. The molecule has 1 aromatic rings. The number of aromatic nitrogens is 2. The minimum atomic E-state index is 0.644. The molecule has 1 N–H and O–H groups in total. The first kappa shape index (κ1) is 15.9. The topological polar surface area (TPSA) is 50.3 Å². The largest absolute Gasteiger partial charge is 0.380 e. The van der Waals surface area contributed by atoms with Gasteiger partial charge in [-0.25, -0.2) is 4.98 Å². The molecule has 0 saturated heterocycles. The van der Waals surface area contributed by atoms with Crippen LogP contribution >= 0.6 is 0 Å². The van der Waals surface area contributed by atoms with E-state index < -0.39 is 0 Å². The van der Waals surface area contributed by atoms with E-state index in [0.29, 0.717) is 12.5 Å². The first-order chi connectivity index (χ1) is 9.13. The van der Waals surface area contributed by atoms with Crippen molar-refractivity contribution in [2.24, 2.45) is 5.92 Å². The molecule has 5 heteroatoms. The minimum Gasteiger partial charge on any atom is -0.380 e. The third-order valence-corrected chi connectivity index (χ3v) is 2.70. The maximum absolute atomic E-state index is 5.34. The Hall–Kier alpha value is -1.20. The third kappa shape index (κ3) is 6.50. The summed E-state index contributed by atoms with van der Waals surface area (Å²) in [4.78, 5) is 10.9. The van der Waals surface area contributed by atoms with Gasteiger partial charge in [-0.05, 0) is 19.4 Å². The lowest BCUT2D eigenvalue weighted by Gasteiger charge is -2.18. The molecular weight excluding hydrogens is 240 g/mol. The van der Waals surface area contributed by atoms with E-state index in [-0.39, 0.29) is 0 Å². The van der Waals surface area contributed by atoms with Crippen LogP contribution in [0.2, 0.25) is 0 Å². The van der Waals surface area contributed by atoms with Crippen LogP contribution in [0.25, 0.3) is 0 Å². The summed E-state index contributed by atoms with van der Waals surface area (Å²) >= 11 is 0. The highest BCUT2D eigenvalue weighted by Crippen LogP contribution is 2.07. The van der Waals surface area contributed by atoms with Gasteiger partial charge in [0.2, 0.25) is 0 Å². The van der Waals surface area contributed by atoms with Gasteiger partial charge in [0.15, 0.2) is 0 Å². The van der Waals surface area contributed by atoms with Crippen LogP contribution in [0.15, 0.2) is 12.4 Å². The van der Waals surface area contributed by atoms with Crippen molar-refractivity contribution in [3.63, 3.8) is 0 Å². The van der Waals surface area contributed by atoms with Crippen LogP contribution in [-0.2, 0) is 11.3 Å². The van der Waals surface area contributed by atoms with E-state index in [1.54, 1.807) is 6.20 Å². The average Bonchev–Trinajstić information content (AvgIpc) is 2.39. The van der Waals surface area contributed by atoms with Gasteiger partial charge in [0.25, 0.3) is 0 Å². The second kappa shape index (κ2) is 8.82. The first-order valence-electron chi connectivity index (χ1n) is 6.94. The predicted molar refractivity (Wildman–Crippen MR) is 78.3 cm³/mol. The maximum atomic E-state index is 5.34. The molecular formula is C14H26N4O. The van der Waals surface area contributed by atoms with Gasteiger partial charge < -0.3 is 15.0 Å². The van der Waals surface area contributed by atoms with E-state index >= 15 is 0 Å². The molecule has 0 atom stereocenters. The van der Waals surface area contributed by atoms with Crippen LogP contribution in [0.1, 0.15) is 26.5 Å². The van der Waals surface area contributed by atoms with Gasteiger partial charge >= 0.3 is 0 Å². The summed E-state index contributed by atoms with van der Waals surface area (Å²) in [6, 6.07) is 0. The summed E-state index contributed by atoms with van der Waals surface area (Å²) in [5, 5.41) is 3.37. The van der Waals surface area contributed by atoms with E-state index in [9.17, 15) is 0 Å². The third-order valence-electron chi connectivity index (χ3n) is 2.70. The smallest absolute Gasteiger partial charge is 0.147 e. The van der Waals surface area contributed by atoms with Crippen molar-refractivity contribution in [1.29, 1.82) is 0 Å². The number of hydrogen-bond donors (Lipinski definition) is 1. The fourth-order valence-corrected chi connectivity index (χ4v) is 1.61. The number of nitrogens with zero attached hydrogens (tertiary/aromatic N) is 3. The standard InChI is InChI=1S/C14H26N4O/c1-5-19-7-6-18(4)14-11-16-10-13(17-14)9-15-8-12(2)3/h10-12,15H,5-9H2,1-4H3. The Morgan fingerprint density at radius 2 is 2.16 bits per heavy atom. The number of ether oxygens (including phenoxy) is 1. The Bertz CT molecular complexity index is 357.